The molecule has 9 nitrogen and oxygen atoms in total. The molecule has 2 N–H and O–H groups in total. The van der Waals surface area contributed by atoms with Gasteiger partial charge in [0.05, 0.1) is 17.4 Å². The van der Waals surface area contributed by atoms with Gasteiger partial charge in [-0.25, -0.2) is 9.07 Å². The Hall–Kier alpha value is -4.99. The van der Waals surface area contributed by atoms with E-state index < -0.39 is 30.1 Å². The Morgan fingerprint density at radius 1 is 0.923 bits per heavy atom. The van der Waals surface area contributed by atoms with Crippen LogP contribution in [0.15, 0.2) is 90.1 Å². The van der Waals surface area contributed by atoms with Gasteiger partial charge >= 0.3 is 0 Å². The number of nitroso groups, excluding NO2 is 1. The first kappa shape index (κ1) is 27.1. The fraction of sp³-hybridized carbons (Fsp3) is 0.172. The molecule has 4 rings (SSSR count). The van der Waals surface area contributed by atoms with E-state index in [0.29, 0.717) is 16.9 Å². The maximum Gasteiger partial charge on any atom is 0.270 e. The molecule has 0 bridgehead atoms. The molecule has 0 aliphatic carbocycles. The summed E-state index contributed by atoms with van der Waals surface area (Å²) in [5, 5.41) is 12.6. The van der Waals surface area contributed by atoms with E-state index in [1.165, 1.54) is 28.9 Å². The molecule has 0 fully saturated rings. The van der Waals surface area contributed by atoms with Crippen LogP contribution in [0.2, 0.25) is 0 Å². The van der Waals surface area contributed by atoms with Crippen molar-refractivity contribution in [2.75, 3.05) is 6.54 Å². The van der Waals surface area contributed by atoms with Gasteiger partial charge in [-0.15, -0.1) is 0 Å². The first-order valence-corrected chi connectivity index (χ1v) is 12.2. The van der Waals surface area contributed by atoms with Crippen LogP contribution in [0.5, 0.6) is 0 Å². The van der Waals surface area contributed by atoms with Gasteiger partial charge in [0.1, 0.15) is 18.1 Å². The van der Waals surface area contributed by atoms with Crippen molar-refractivity contribution in [2.24, 2.45) is 5.18 Å². The Labute approximate surface area is 224 Å². The molecule has 0 spiro atoms. The fourth-order valence-electron chi connectivity index (χ4n) is 4.00. The van der Waals surface area contributed by atoms with Gasteiger partial charge in [0.2, 0.25) is 0 Å². The SMILES string of the molecule is Cc1cc(C(=O)NC(Cc2ccccc2)C(=O)CN=O)n(-c2ccc(CNC(=O)c3ccc(F)cc3)cc2)n1. The highest BCUT2D eigenvalue weighted by Crippen LogP contribution is 2.15. The molecule has 1 atom stereocenters. The average Bonchev–Trinajstić information content (AvgIpc) is 3.34. The van der Waals surface area contributed by atoms with Crippen LogP contribution in [0, 0.1) is 17.6 Å². The first-order valence-electron chi connectivity index (χ1n) is 12.2. The number of nitrogens with zero attached hydrogens (tertiary/aromatic N) is 3. The molecule has 1 unspecified atom stereocenters. The fourth-order valence-corrected chi connectivity index (χ4v) is 4.00. The normalized spacial score (nSPS) is 11.4. The molecule has 0 aliphatic rings. The quantitative estimate of drug-likeness (QED) is 0.286. The van der Waals surface area contributed by atoms with E-state index >= 15 is 0 Å². The number of aromatic nitrogens is 2. The lowest BCUT2D eigenvalue weighted by Gasteiger charge is -2.17. The van der Waals surface area contributed by atoms with Gasteiger partial charge in [-0.3, -0.25) is 14.4 Å². The molecule has 0 aliphatic heterocycles. The third kappa shape index (κ3) is 7.07. The summed E-state index contributed by atoms with van der Waals surface area (Å²) in [6, 6.07) is 22.2. The van der Waals surface area contributed by atoms with E-state index in [1.54, 1.807) is 37.3 Å². The Kier molecular flexibility index (Phi) is 8.67. The van der Waals surface area contributed by atoms with Crippen LogP contribution in [-0.4, -0.2) is 40.0 Å². The maximum atomic E-state index is 13.3. The minimum Gasteiger partial charge on any atom is -0.348 e. The molecule has 1 aromatic heterocycles. The molecule has 198 valence electrons. The van der Waals surface area contributed by atoms with E-state index in [9.17, 15) is 23.7 Å². The summed E-state index contributed by atoms with van der Waals surface area (Å²) < 4.78 is 14.5. The van der Waals surface area contributed by atoms with Gasteiger partial charge in [-0.1, -0.05) is 47.6 Å². The lowest BCUT2D eigenvalue weighted by molar-refractivity contribution is -0.119. The Balaban J connectivity index is 1.47. The number of hydrogen-bond donors (Lipinski definition) is 2. The highest BCUT2D eigenvalue weighted by molar-refractivity contribution is 5.98. The minimum atomic E-state index is -0.937. The summed E-state index contributed by atoms with van der Waals surface area (Å²) in [6.45, 7) is 1.45. The zero-order valence-electron chi connectivity index (χ0n) is 21.1. The van der Waals surface area contributed by atoms with Crippen molar-refractivity contribution in [3.63, 3.8) is 0 Å². The minimum absolute atomic E-state index is 0.215. The zero-order chi connectivity index (χ0) is 27.8. The highest BCUT2D eigenvalue weighted by atomic mass is 19.1. The van der Waals surface area contributed by atoms with Crippen LogP contribution >= 0.6 is 0 Å². The topological polar surface area (TPSA) is 123 Å². The van der Waals surface area contributed by atoms with Crippen molar-refractivity contribution in [1.82, 2.24) is 20.4 Å². The summed E-state index contributed by atoms with van der Waals surface area (Å²) in [5.74, 6) is -1.76. The van der Waals surface area contributed by atoms with Crippen LogP contribution in [0.25, 0.3) is 5.69 Å². The zero-order valence-corrected chi connectivity index (χ0v) is 21.1. The molecule has 0 radical (unpaired) electrons. The molecule has 0 saturated carbocycles. The third-order valence-corrected chi connectivity index (χ3v) is 6.00. The van der Waals surface area contributed by atoms with Crippen molar-refractivity contribution < 1.29 is 18.8 Å². The first-order chi connectivity index (χ1) is 18.8. The number of ketones is 1. The standard InChI is InChI=1S/C29H26FN5O4/c1-19-15-26(29(38)33-25(27(36)18-32-39)16-20-5-3-2-4-6-20)35(34-19)24-13-7-21(8-14-24)17-31-28(37)22-9-11-23(30)12-10-22/h2-15,25H,16-18H2,1H3,(H,31,37)(H,33,38). The van der Waals surface area contributed by atoms with Crippen LogP contribution in [0.4, 0.5) is 4.39 Å². The molecule has 4 aromatic rings. The van der Waals surface area contributed by atoms with Gasteiger partial charge in [0.25, 0.3) is 11.8 Å². The lowest BCUT2D eigenvalue weighted by Crippen LogP contribution is -2.44. The second-order valence-corrected chi connectivity index (χ2v) is 8.91. The van der Waals surface area contributed by atoms with Gasteiger partial charge in [0.15, 0.2) is 5.78 Å². The molecule has 2 amide bonds. The predicted molar refractivity (Wildman–Crippen MR) is 143 cm³/mol. The molecule has 10 heteroatoms. The highest BCUT2D eigenvalue weighted by Gasteiger charge is 2.24. The Morgan fingerprint density at radius 3 is 2.28 bits per heavy atom. The van der Waals surface area contributed by atoms with Crippen LogP contribution in [0.3, 0.4) is 0 Å². The van der Waals surface area contributed by atoms with Crippen molar-refractivity contribution >= 4 is 17.6 Å². The average molecular weight is 528 g/mol. The monoisotopic (exact) mass is 527 g/mol. The number of aryl methyl sites for hydroxylation is 1. The molecule has 1 heterocycles. The summed E-state index contributed by atoms with van der Waals surface area (Å²) in [5.41, 5.74) is 3.39. The smallest absolute Gasteiger partial charge is 0.270 e. The van der Waals surface area contributed by atoms with Gasteiger partial charge in [0, 0.05) is 12.1 Å². The number of carbonyl (C=O) groups excluding carboxylic acids is 3. The summed E-state index contributed by atoms with van der Waals surface area (Å²) in [6.07, 6.45) is 0.215. The summed E-state index contributed by atoms with van der Waals surface area (Å²) in [7, 11) is 0. The number of hydrogen-bond acceptors (Lipinski definition) is 6. The van der Waals surface area contributed by atoms with Gasteiger partial charge in [-0.05, 0) is 66.9 Å². The van der Waals surface area contributed by atoms with Gasteiger partial charge < -0.3 is 10.6 Å². The summed E-state index contributed by atoms with van der Waals surface area (Å²) >= 11 is 0. The molecule has 0 saturated heterocycles. The number of Topliss-reactive ketones (excluding diaryl/α,β-unsaturated/α-hetero) is 1. The van der Waals surface area contributed by atoms with E-state index in [-0.39, 0.29) is 24.6 Å². The Bertz CT molecular complexity index is 1470. The van der Waals surface area contributed by atoms with E-state index in [0.717, 1.165) is 11.1 Å². The summed E-state index contributed by atoms with van der Waals surface area (Å²) in [4.78, 5) is 48.8. The van der Waals surface area contributed by atoms with Crippen molar-refractivity contribution in [3.8, 4) is 5.69 Å². The Morgan fingerprint density at radius 2 is 1.62 bits per heavy atom. The number of amides is 2. The van der Waals surface area contributed by atoms with Crippen LogP contribution in [0.1, 0.15) is 37.7 Å². The molecular weight excluding hydrogens is 501 g/mol. The molecule has 39 heavy (non-hydrogen) atoms. The molecular formula is C29H26FN5O4. The second kappa shape index (κ2) is 12.5. The third-order valence-electron chi connectivity index (χ3n) is 6.00. The number of halogens is 1. The van der Waals surface area contributed by atoms with E-state index in [1.807, 2.05) is 30.3 Å². The van der Waals surface area contributed by atoms with E-state index in [2.05, 4.69) is 20.9 Å². The molecule has 3 aromatic carbocycles. The van der Waals surface area contributed by atoms with Gasteiger partial charge in [-0.2, -0.15) is 10.0 Å². The lowest BCUT2D eigenvalue weighted by atomic mass is 10.0. The van der Waals surface area contributed by atoms with Crippen molar-refractivity contribution in [3.05, 3.63) is 124 Å². The number of rotatable bonds is 11. The maximum absolute atomic E-state index is 13.3. The van der Waals surface area contributed by atoms with Crippen molar-refractivity contribution in [1.29, 1.82) is 0 Å². The van der Waals surface area contributed by atoms with E-state index in [4.69, 9.17) is 0 Å². The number of nitrogens with one attached hydrogen (secondary N) is 2. The number of benzene rings is 3. The van der Waals surface area contributed by atoms with Crippen LogP contribution in [-0.2, 0) is 17.8 Å². The van der Waals surface area contributed by atoms with Crippen LogP contribution < -0.4 is 10.6 Å². The second-order valence-electron chi connectivity index (χ2n) is 8.91. The largest absolute Gasteiger partial charge is 0.348 e. The number of carbonyl (C=O) groups is 3. The predicted octanol–water partition coefficient (Wildman–Crippen LogP) is 3.93. The van der Waals surface area contributed by atoms with Crippen molar-refractivity contribution in [2.45, 2.75) is 25.9 Å².